The predicted molar refractivity (Wildman–Crippen MR) is 135 cm³/mol. The molecule has 1 heterocycles. The average molecular weight is 494 g/mol. The minimum atomic E-state index is -0.229. The number of carbonyl (C=O) groups is 1. The predicted octanol–water partition coefficient (Wildman–Crippen LogP) is 5.29. The molecule has 0 spiro atoms. The lowest BCUT2D eigenvalue weighted by molar-refractivity contribution is 0.0506. The quantitative estimate of drug-likeness (QED) is 0.364. The number of hydrogen-bond donors (Lipinski definition) is 0. The Balaban J connectivity index is 1.48. The Morgan fingerprint density at radius 2 is 1.78 bits per heavy atom. The van der Waals surface area contributed by atoms with Crippen molar-refractivity contribution in [3.63, 3.8) is 0 Å². The molecule has 0 bridgehead atoms. The van der Waals surface area contributed by atoms with Crippen molar-refractivity contribution in [2.24, 2.45) is 0 Å². The lowest BCUT2D eigenvalue weighted by Crippen LogP contribution is -2.37. The topological polar surface area (TPSA) is 57.2 Å². The lowest BCUT2D eigenvalue weighted by atomic mass is 10.1. The first-order valence-corrected chi connectivity index (χ1v) is 12.1. The van der Waals surface area contributed by atoms with Crippen LogP contribution in [0, 0.1) is 5.82 Å². The van der Waals surface area contributed by atoms with Gasteiger partial charge in [-0.05, 0) is 54.3 Å². The molecule has 1 aliphatic rings. The van der Waals surface area contributed by atoms with E-state index in [1.54, 1.807) is 49.5 Å². The van der Waals surface area contributed by atoms with E-state index in [0.29, 0.717) is 61.1 Å². The van der Waals surface area contributed by atoms with E-state index in [1.165, 1.54) is 6.07 Å². The summed E-state index contributed by atoms with van der Waals surface area (Å²) in [6.07, 6.45) is 2.38. The van der Waals surface area contributed by atoms with Gasteiger partial charge in [0, 0.05) is 37.7 Å². The number of rotatable bonds is 11. The zero-order valence-electron chi connectivity index (χ0n) is 20.7. The van der Waals surface area contributed by atoms with Crippen LogP contribution in [0.3, 0.4) is 0 Å². The number of benzene rings is 3. The van der Waals surface area contributed by atoms with Crippen molar-refractivity contribution in [1.82, 2.24) is 4.90 Å². The summed E-state index contributed by atoms with van der Waals surface area (Å²) in [5.74, 6) is 1.43. The number of carbonyl (C=O) groups excluding carboxylic acids is 1. The van der Waals surface area contributed by atoms with Crippen LogP contribution in [0.2, 0.25) is 0 Å². The van der Waals surface area contributed by atoms with Crippen LogP contribution in [0.1, 0.15) is 34.3 Å². The third-order valence-corrected chi connectivity index (χ3v) is 6.20. The van der Waals surface area contributed by atoms with E-state index in [0.717, 1.165) is 18.4 Å². The molecule has 0 radical (unpaired) electrons. The van der Waals surface area contributed by atoms with Crippen LogP contribution in [0.5, 0.6) is 17.2 Å². The summed E-state index contributed by atoms with van der Waals surface area (Å²) in [5, 5.41) is 0. The van der Waals surface area contributed by atoms with Gasteiger partial charge in [0.15, 0.2) is 0 Å². The van der Waals surface area contributed by atoms with E-state index in [2.05, 4.69) is 0 Å². The highest BCUT2D eigenvalue weighted by atomic mass is 19.1. The number of ether oxygens (including phenoxy) is 4. The highest BCUT2D eigenvalue weighted by Gasteiger charge is 2.24. The molecule has 4 rings (SSSR count). The van der Waals surface area contributed by atoms with Gasteiger partial charge in [0.25, 0.3) is 5.91 Å². The molecule has 0 N–H and O–H groups in total. The third-order valence-electron chi connectivity index (χ3n) is 6.20. The zero-order valence-corrected chi connectivity index (χ0v) is 20.7. The van der Waals surface area contributed by atoms with Crippen LogP contribution in [0.15, 0.2) is 66.7 Å². The summed E-state index contributed by atoms with van der Waals surface area (Å²) in [4.78, 5) is 15.4. The standard InChI is InChI=1S/C29H32FNO5/c1-33-26-16-23(17-27(18-26)34-2)29(32)31(20-25-10-6-13-35-25)19-21-7-5-9-24(15-21)36-14-12-22-8-3-4-11-28(22)30/h3-5,7-9,11,15-18,25H,6,10,12-14,19-20H2,1-2H3. The Kier molecular flexibility index (Phi) is 8.79. The molecule has 1 atom stereocenters. The van der Waals surface area contributed by atoms with Crippen LogP contribution < -0.4 is 14.2 Å². The highest BCUT2D eigenvalue weighted by molar-refractivity contribution is 5.95. The molecule has 1 amide bonds. The van der Waals surface area contributed by atoms with Crippen molar-refractivity contribution in [3.8, 4) is 17.2 Å². The highest BCUT2D eigenvalue weighted by Crippen LogP contribution is 2.25. The fraction of sp³-hybridized carbons (Fsp3) is 0.345. The minimum Gasteiger partial charge on any atom is -0.497 e. The summed E-state index contributed by atoms with van der Waals surface area (Å²) >= 11 is 0. The Bertz CT molecular complexity index is 1140. The number of amides is 1. The van der Waals surface area contributed by atoms with Gasteiger partial charge in [-0.15, -0.1) is 0 Å². The summed E-state index contributed by atoms with van der Waals surface area (Å²) in [6, 6.07) is 19.5. The first-order chi connectivity index (χ1) is 17.6. The molecule has 3 aromatic carbocycles. The van der Waals surface area contributed by atoms with Gasteiger partial charge in [0.05, 0.1) is 26.9 Å². The van der Waals surface area contributed by atoms with Crippen LogP contribution >= 0.6 is 0 Å². The molecule has 1 fully saturated rings. The van der Waals surface area contributed by atoms with Crippen LogP contribution in [-0.4, -0.2) is 50.9 Å². The summed E-state index contributed by atoms with van der Waals surface area (Å²) in [7, 11) is 3.12. The monoisotopic (exact) mass is 493 g/mol. The molecule has 6 nitrogen and oxygen atoms in total. The third kappa shape index (κ3) is 6.76. The van der Waals surface area contributed by atoms with Gasteiger partial charge in [-0.2, -0.15) is 0 Å². The lowest BCUT2D eigenvalue weighted by Gasteiger charge is -2.26. The Labute approximate surface area is 211 Å². The summed E-state index contributed by atoms with van der Waals surface area (Å²) < 4.78 is 36.3. The fourth-order valence-electron chi connectivity index (χ4n) is 4.30. The largest absolute Gasteiger partial charge is 0.497 e. The second-order valence-corrected chi connectivity index (χ2v) is 8.76. The zero-order chi connectivity index (χ0) is 25.3. The normalized spacial score (nSPS) is 14.9. The molecular formula is C29H32FNO5. The fourth-order valence-corrected chi connectivity index (χ4v) is 4.30. The second-order valence-electron chi connectivity index (χ2n) is 8.76. The molecule has 190 valence electrons. The maximum Gasteiger partial charge on any atom is 0.254 e. The SMILES string of the molecule is COc1cc(OC)cc(C(=O)N(Cc2cccc(OCCc3ccccc3F)c2)CC2CCCO2)c1. The molecule has 7 heteroatoms. The van der Waals surface area contributed by atoms with E-state index in [4.69, 9.17) is 18.9 Å². The molecule has 1 unspecified atom stereocenters. The van der Waals surface area contributed by atoms with E-state index < -0.39 is 0 Å². The maximum absolute atomic E-state index is 13.9. The van der Waals surface area contributed by atoms with Crippen LogP contribution in [0.25, 0.3) is 0 Å². The number of hydrogen-bond acceptors (Lipinski definition) is 5. The molecule has 36 heavy (non-hydrogen) atoms. The smallest absolute Gasteiger partial charge is 0.254 e. The van der Waals surface area contributed by atoms with E-state index in [9.17, 15) is 9.18 Å². The van der Waals surface area contributed by atoms with Crippen molar-refractivity contribution in [1.29, 1.82) is 0 Å². The second kappa shape index (κ2) is 12.4. The van der Waals surface area contributed by atoms with Crippen molar-refractivity contribution in [2.45, 2.75) is 31.9 Å². The van der Waals surface area contributed by atoms with Gasteiger partial charge in [0.2, 0.25) is 0 Å². The van der Waals surface area contributed by atoms with Crippen LogP contribution in [0.4, 0.5) is 4.39 Å². The first kappa shape index (κ1) is 25.5. The molecule has 1 aliphatic heterocycles. The summed E-state index contributed by atoms with van der Waals surface area (Å²) in [6.45, 7) is 1.94. The number of nitrogens with zero attached hydrogens (tertiary/aromatic N) is 1. The molecule has 0 aliphatic carbocycles. The average Bonchev–Trinajstić information content (AvgIpc) is 3.42. The Morgan fingerprint density at radius 1 is 1.00 bits per heavy atom. The molecule has 1 saturated heterocycles. The molecule has 3 aromatic rings. The van der Waals surface area contributed by atoms with Gasteiger partial charge < -0.3 is 23.8 Å². The van der Waals surface area contributed by atoms with E-state index >= 15 is 0 Å². The maximum atomic E-state index is 13.9. The van der Waals surface area contributed by atoms with Gasteiger partial charge in [-0.25, -0.2) is 4.39 Å². The first-order valence-electron chi connectivity index (χ1n) is 12.1. The Morgan fingerprint density at radius 3 is 2.47 bits per heavy atom. The molecular weight excluding hydrogens is 461 g/mol. The van der Waals surface area contributed by atoms with Crippen LogP contribution in [-0.2, 0) is 17.7 Å². The molecule has 0 saturated carbocycles. The summed E-state index contributed by atoms with van der Waals surface area (Å²) in [5.41, 5.74) is 2.04. The van der Waals surface area contributed by atoms with Crippen molar-refractivity contribution >= 4 is 5.91 Å². The van der Waals surface area contributed by atoms with Crippen molar-refractivity contribution in [2.75, 3.05) is 34.0 Å². The van der Waals surface area contributed by atoms with Gasteiger partial charge in [0.1, 0.15) is 23.1 Å². The van der Waals surface area contributed by atoms with Crippen molar-refractivity contribution in [3.05, 3.63) is 89.2 Å². The number of methoxy groups -OCH3 is 2. The minimum absolute atomic E-state index is 0.00153. The van der Waals surface area contributed by atoms with Crippen molar-refractivity contribution < 1.29 is 28.1 Å². The van der Waals surface area contributed by atoms with Gasteiger partial charge in [-0.1, -0.05) is 30.3 Å². The van der Waals surface area contributed by atoms with E-state index in [1.807, 2.05) is 30.3 Å². The van der Waals surface area contributed by atoms with Gasteiger partial charge in [-0.3, -0.25) is 4.79 Å². The Hall–Kier alpha value is -3.58. The van der Waals surface area contributed by atoms with E-state index in [-0.39, 0.29) is 17.8 Å². The van der Waals surface area contributed by atoms with Gasteiger partial charge >= 0.3 is 0 Å². The number of halogens is 1. The molecule has 0 aromatic heterocycles.